The molecule has 4 rings (SSSR count). The van der Waals surface area contributed by atoms with E-state index in [1.54, 1.807) is 5.57 Å². The first-order chi connectivity index (χ1) is 10.7. The number of aryl methyl sites for hydroxylation is 1. The molecule has 1 heteroatoms. The highest BCUT2D eigenvalue weighted by molar-refractivity contribution is 5.83. The Kier molecular flexibility index (Phi) is 3.19. The standard InChI is InChI=1S/C21H23N/c1-16-8-10-18(11-9-16)20(17-6-4-3-5-7-17)19-12-21(13-19)14-22(2)15-21/h3-11H,12-15H2,1-2H3. The third kappa shape index (κ3) is 2.30. The van der Waals surface area contributed by atoms with Crippen LogP contribution in [0, 0.1) is 12.3 Å². The molecule has 0 radical (unpaired) electrons. The molecule has 1 saturated carbocycles. The monoisotopic (exact) mass is 289 g/mol. The van der Waals surface area contributed by atoms with E-state index in [1.165, 1.54) is 48.2 Å². The first-order valence-electron chi connectivity index (χ1n) is 8.18. The fourth-order valence-corrected chi connectivity index (χ4v) is 4.25. The van der Waals surface area contributed by atoms with Gasteiger partial charge in [-0.25, -0.2) is 0 Å². The maximum Gasteiger partial charge on any atom is 0.00536 e. The third-order valence-electron chi connectivity index (χ3n) is 5.14. The SMILES string of the molecule is Cc1ccc(C(=C2CC3(C2)CN(C)C3)c2ccccc2)cc1. The van der Waals surface area contributed by atoms with Crippen LogP contribution in [-0.2, 0) is 0 Å². The summed E-state index contributed by atoms with van der Waals surface area (Å²) in [7, 11) is 2.23. The van der Waals surface area contributed by atoms with Gasteiger partial charge in [-0.1, -0.05) is 65.7 Å². The highest BCUT2D eigenvalue weighted by Gasteiger charge is 2.49. The summed E-state index contributed by atoms with van der Waals surface area (Å²) < 4.78 is 0. The Labute approximate surface area is 133 Å². The van der Waals surface area contributed by atoms with E-state index < -0.39 is 0 Å². The zero-order valence-electron chi connectivity index (χ0n) is 13.5. The third-order valence-corrected chi connectivity index (χ3v) is 5.14. The summed E-state index contributed by atoms with van der Waals surface area (Å²) in [6.45, 7) is 4.70. The summed E-state index contributed by atoms with van der Waals surface area (Å²) in [6, 6.07) is 19.9. The summed E-state index contributed by atoms with van der Waals surface area (Å²) in [5.74, 6) is 0. The fraction of sp³-hybridized carbons (Fsp3) is 0.333. The fourth-order valence-electron chi connectivity index (χ4n) is 4.25. The maximum absolute atomic E-state index is 2.44. The average molecular weight is 289 g/mol. The van der Waals surface area contributed by atoms with Gasteiger partial charge in [0.05, 0.1) is 0 Å². The van der Waals surface area contributed by atoms with Gasteiger partial charge in [0.2, 0.25) is 0 Å². The van der Waals surface area contributed by atoms with Crippen molar-refractivity contribution in [2.75, 3.05) is 20.1 Å². The average Bonchev–Trinajstić information content (AvgIpc) is 2.46. The van der Waals surface area contributed by atoms with Gasteiger partial charge in [0.1, 0.15) is 0 Å². The summed E-state index contributed by atoms with van der Waals surface area (Å²) in [6.07, 6.45) is 2.55. The Hall–Kier alpha value is -1.86. The Bertz CT molecular complexity index is 693. The second-order valence-corrected chi connectivity index (χ2v) is 7.24. The molecule has 0 unspecified atom stereocenters. The Morgan fingerprint density at radius 1 is 0.864 bits per heavy atom. The molecule has 1 aliphatic carbocycles. The van der Waals surface area contributed by atoms with Crippen LogP contribution >= 0.6 is 0 Å². The minimum absolute atomic E-state index is 0.592. The van der Waals surface area contributed by atoms with Gasteiger partial charge in [-0.05, 0) is 43.5 Å². The largest absolute Gasteiger partial charge is 0.305 e. The molecule has 0 aromatic heterocycles. The number of nitrogens with zero attached hydrogens (tertiary/aromatic N) is 1. The van der Waals surface area contributed by atoms with Gasteiger partial charge in [-0.15, -0.1) is 0 Å². The van der Waals surface area contributed by atoms with Gasteiger partial charge in [0, 0.05) is 18.5 Å². The van der Waals surface area contributed by atoms with Crippen LogP contribution in [-0.4, -0.2) is 25.0 Å². The topological polar surface area (TPSA) is 3.24 Å². The highest BCUT2D eigenvalue weighted by Crippen LogP contribution is 2.54. The molecule has 1 aliphatic heterocycles. The number of benzene rings is 2. The number of likely N-dealkylation sites (tertiary alicyclic amines) is 1. The summed E-state index contributed by atoms with van der Waals surface area (Å²) in [5.41, 5.74) is 7.77. The molecule has 2 aromatic carbocycles. The minimum atomic E-state index is 0.592. The first kappa shape index (κ1) is 13.8. The van der Waals surface area contributed by atoms with Crippen molar-refractivity contribution in [2.24, 2.45) is 5.41 Å². The molecule has 22 heavy (non-hydrogen) atoms. The Morgan fingerprint density at radius 3 is 2.05 bits per heavy atom. The lowest BCUT2D eigenvalue weighted by Crippen LogP contribution is -2.58. The van der Waals surface area contributed by atoms with Crippen LogP contribution < -0.4 is 0 Å². The van der Waals surface area contributed by atoms with Crippen molar-refractivity contribution < 1.29 is 0 Å². The van der Waals surface area contributed by atoms with Crippen LogP contribution in [0.2, 0.25) is 0 Å². The van der Waals surface area contributed by atoms with E-state index in [0.29, 0.717) is 5.41 Å². The number of allylic oxidation sites excluding steroid dienone is 1. The quantitative estimate of drug-likeness (QED) is 0.785. The predicted octanol–water partition coefficient (Wildman–Crippen LogP) is 4.52. The van der Waals surface area contributed by atoms with Crippen LogP contribution in [0.3, 0.4) is 0 Å². The molecule has 2 aromatic rings. The van der Waals surface area contributed by atoms with E-state index in [-0.39, 0.29) is 0 Å². The van der Waals surface area contributed by atoms with Gasteiger partial charge >= 0.3 is 0 Å². The van der Waals surface area contributed by atoms with Crippen molar-refractivity contribution in [2.45, 2.75) is 19.8 Å². The Morgan fingerprint density at radius 2 is 1.45 bits per heavy atom. The second kappa shape index (κ2) is 5.10. The van der Waals surface area contributed by atoms with Gasteiger partial charge in [-0.2, -0.15) is 0 Å². The molecular formula is C21H23N. The van der Waals surface area contributed by atoms with Crippen molar-refractivity contribution in [1.82, 2.24) is 4.90 Å². The first-order valence-corrected chi connectivity index (χ1v) is 8.18. The minimum Gasteiger partial charge on any atom is -0.305 e. The van der Waals surface area contributed by atoms with Crippen LogP contribution in [0.25, 0.3) is 5.57 Å². The zero-order valence-corrected chi connectivity index (χ0v) is 13.5. The zero-order chi connectivity index (χ0) is 15.2. The van der Waals surface area contributed by atoms with E-state index in [9.17, 15) is 0 Å². The van der Waals surface area contributed by atoms with Crippen LogP contribution in [0.5, 0.6) is 0 Å². The van der Waals surface area contributed by atoms with Crippen LogP contribution in [0.1, 0.15) is 29.5 Å². The summed E-state index contributed by atoms with van der Waals surface area (Å²) in [4.78, 5) is 2.44. The van der Waals surface area contributed by atoms with Crippen molar-refractivity contribution >= 4 is 5.57 Å². The molecule has 1 spiro atoms. The van der Waals surface area contributed by atoms with E-state index >= 15 is 0 Å². The molecule has 112 valence electrons. The lowest BCUT2D eigenvalue weighted by molar-refractivity contribution is -0.0106. The number of hydrogen-bond acceptors (Lipinski definition) is 1. The molecule has 1 heterocycles. The molecule has 1 nitrogen and oxygen atoms in total. The van der Waals surface area contributed by atoms with Crippen LogP contribution in [0.4, 0.5) is 0 Å². The smallest absolute Gasteiger partial charge is 0.00536 e. The van der Waals surface area contributed by atoms with Gasteiger partial charge in [-0.3, -0.25) is 0 Å². The van der Waals surface area contributed by atoms with Crippen molar-refractivity contribution in [3.05, 3.63) is 76.9 Å². The molecular weight excluding hydrogens is 266 g/mol. The molecule has 0 N–H and O–H groups in total. The molecule has 2 fully saturated rings. The van der Waals surface area contributed by atoms with Crippen LogP contribution in [0.15, 0.2) is 60.2 Å². The van der Waals surface area contributed by atoms with E-state index in [0.717, 1.165) is 0 Å². The lowest BCUT2D eigenvalue weighted by Gasteiger charge is -2.56. The molecule has 2 aliphatic rings. The molecule has 0 bridgehead atoms. The molecule has 0 atom stereocenters. The number of rotatable bonds is 2. The van der Waals surface area contributed by atoms with Crippen molar-refractivity contribution in [3.8, 4) is 0 Å². The summed E-state index contributed by atoms with van der Waals surface area (Å²) >= 11 is 0. The van der Waals surface area contributed by atoms with E-state index in [1.807, 2.05) is 0 Å². The predicted molar refractivity (Wildman–Crippen MR) is 92.8 cm³/mol. The van der Waals surface area contributed by atoms with Gasteiger partial charge in [0.15, 0.2) is 0 Å². The van der Waals surface area contributed by atoms with Gasteiger partial charge < -0.3 is 4.90 Å². The number of hydrogen-bond donors (Lipinski definition) is 0. The molecule has 0 amide bonds. The van der Waals surface area contributed by atoms with Gasteiger partial charge in [0.25, 0.3) is 0 Å². The van der Waals surface area contributed by atoms with E-state index in [2.05, 4.69) is 73.5 Å². The normalized spacial score (nSPS) is 19.6. The Balaban J connectivity index is 1.72. The van der Waals surface area contributed by atoms with E-state index in [4.69, 9.17) is 0 Å². The second-order valence-electron chi connectivity index (χ2n) is 7.24. The summed E-state index contributed by atoms with van der Waals surface area (Å²) in [5, 5.41) is 0. The maximum atomic E-state index is 2.44. The van der Waals surface area contributed by atoms with Crippen molar-refractivity contribution in [1.29, 1.82) is 0 Å². The van der Waals surface area contributed by atoms with Crippen molar-refractivity contribution in [3.63, 3.8) is 0 Å². The molecule has 1 saturated heterocycles. The lowest BCUT2D eigenvalue weighted by atomic mass is 9.59. The highest BCUT2D eigenvalue weighted by atomic mass is 15.2.